The van der Waals surface area contributed by atoms with Crippen LogP contribution in [0.15, 0.2) is 113 Å². The smallest absolute Gasteiger partial charge is 0.120 e. The Bertz CT molecular complexity index is 1120. The maximum absolute atomic E-state index is 9.62. The quantitative estimate of drug-likeness (QED) is 0.0541. The average Bonchev–Trinajstić information content (AvgIpc) is 2.85. The second-order valence-corrected chi connectivity index (χ2v) is 10.3. The fraction of sp³-hybridized carbons (Fsp3) is 0.412. The van der Waals surface area contributed by atoms with Gasteiger partial charge in [0, 0.05) is 24.9 Å². The molecule has 5 nitrogen and oxygen atoms in total. The van der Waals surface area contributed by atoms with Crippen molar-refractivity contribution in [3.05, 3.63) is 108 Å². The molecule has 0 heterocycles. The van der Waals surface area contributed by atoms with Gasteiger partial charge in [0.15, 0.2) is 0 Å². The van der Waals surface area contributed by atoms with Crippen LogP contribution in [0.5, 0.6) is 0 Å². The van der Waals surface area contributed by atoms with Crippen molar-refractivity contribution >= 4 is 5.71 Å². The summed E-state index contributed by atoms with van der Waals surface area (Å²) in [6.07, 6.45) is 13.9. The standard InChI is InChI=1S/C34H50N4O/c1-14-18-27(7)37-38(13)33(31(16-3)23-35)22-20-25(5)28(8)36-24-30(15-2)21-19-26(6)32(17-4)29(9)39-34(10,11)12/h14,16-18,21-22,36H,4-5,8-9,15,19-20,24H2,1-3,6-7,10-13H3/b18-14+,30-21+,31-16-,32-26+,33-22-,37-27-. The molecule has 5 heteroatoms. The molecule has 0 atom stereocenters. The van der Waals surface area contributed by atoms with Crippen LogP contribution in [0.3, 0.4) is 0 Å². The number of rotatable bonds is 16. The molecule has 0 bridgehead atoms. The van der Waals surface area contributed by atoms with Gasteiger partial charge in [-0.15, -0.1) is 0 Å². The zero-order chi connectivity index (χ0) is 30.2. The maximum atomic E-state index is 9.62. The summed E-state index contributed by atoms with van der Waals surface area (Å²) in [4.78, 5) is 0. The molecule has 0 unspecified atom stereocenters. The Morgan fingerprint density at radius 1 is 1.10 bits per heavy atom. The van der Waals surface area contributed by atoms with Crippen molar-refractivity contribution in [2.75, 3.05) is 13.6 Å². The minimum atomic E-state index is -0.310. The normalized spacial score (nSPS) is 13.9. The van der Waals surface area contributed by atoms with Gasteiger partial charge in [-0.3, -0.25) is 5.01 Å². The van der Waals surface area contributed by atoms with Gasteiger partial charge >= 0.3 is 0 Å². The van der Waals surface area contributed by atoms with Crippen LogP contribution in [0.2, 0.25) is 0 Å². The zero-order valence-electron chi connectivity index (χ0n) is 25.9. The summed E-state index contributed by atoms with van der Waals surface area (Å²) in [5, 5.41) is 19.3. The van der Waals surface area contributed by atoms with Crippen LogP contribution in [-0.4, -0.2) is 29.9 Å². The predicted octanol–water partition coefficient (Wildman–Crippen LogP) is 8.83. The largest absolute Gasteiger partial charge is 0.488 e. The molecule has 0 aliphatic heterocycles. The van der Waals surface area contributed by atoms with Crippen LogP contribution in [0.1, 0.15) is 74.7 Å². The van der Waals surface area contributed by atoms with Crippen LogP contribution in [0, 0.1) is 11.3 Å². The monoisotopic (exact) mass is 530 g/mol. The van der Waals surface area contributed by atoms with Gasteiger partial charge in [-0.1, -0.05) is 74.8 Å². The molecular weight excluding hydrogens is 480 g/mol. The van der Waals surface area contributed by atoms with E-state index in [0.29, 0.717) is 24.3 Å². The first-order valence-corrected chi connectivity index (χ1v) is 13.4. The van der Waals surface area contributed by atoms with E-state index < -0.39 is 0 Å². The summed E-state index contributed by atoms with van der Waals surface area (Å²) < 4.78 is 5.95. The minimum absolute atomic E-state index is 0.310. The van der Waals surface area contributed by atoms with Crippen LogP contribution in [-0.2, 0) is 4.74 Å². The highest BCUT2D eigenvalue weighted by Crippen LogP contribution is 2.24. The summed E-state index contributed by atoms with van der Waals surface area (Å²) in [7, 11) is 1.84. The number of ether oxygens (including phenoxy) is 1. The van der Waals surface area contributed by atoms with Gasteiger partial charge in [-0.25, -0.2) is 0 Å². The lowest BCUT2D eigenvalue weighted by Crippen LogP contribution is -2.19. The first-order valence-electron chi connectivity index (χ1n) is 13.4. The highest BCUT2D eigenvalue weighted by atomic mass is 16.5. The summed E-state index contributed by atoms with van der Waals surface area (Å²) in [6, 6.07) is 2.26. The molecule has 0 rings (SSSR count). The van der Waals surface area contributed by atoms with Crippen molar-refractivity contribution in [3.8, 4) is 6.07 Å². The van der Waals surface area contributed by atoms with Crippen molar-refractivity contribution in [1.29, 1.82) is 5.26 Å². The van der Waals surface area contributed by atoms with E-state index in [1.54, 1.807) is 11.1 Å². The summed E-state index contributed by atoms with van der Waals surface area (Å²) in [5.74, 6) is 0.641. The van der Waals surface area contributed by atoms with E-state index >= 15 is 0 Å². The highest BCUT2D eigenvalue weighted by molar-refractivity contribution is 5.92. The predicted molar refractivity (Wildman–Crippen MR) is 170 cm³/mol. The summed E-state index contributed by atoms with van der Waals surface area (Å²) in [5.41, 5.74) is 6.79. The van der Waals surface area contributed by atoms with Gasteiger partial charge in [-0.05, 0) is 79.4 Å². The van der Waals surface area contributed by atoms with E-state index in [4.69, 9.17) is 4.74 Å². The van der Waals surface area contributed by atoms with Crippen molar-refractivity contribution in [2.45, 2.75) is 80.3 Å². The summed E-state index contributed by atoms with van der Waals surface area (Å²) >= 11 is 0. The number of hydrazone groups is 1. The van der Waals surface area contributed by atoms with Crippen LogP contribution in [0.25, 0.3) is 0 Å². The maximum Gasteiger partial charge on any atom is 0.120 e. The minimum Gasteiger partial charge on any atom is -0.488 e. The first-order chi connectivity index (χ1) is 18.2. The van der Waals surface area contributed by atoms with E-state index in [-0.39, 0.29) is 5.60 Å². The molecule has 0 aliphatic rings. The number of nitrogens with zero attached hydrogens (tertiary/aromatic N) is 3. The number of hydrogen-bond donors (Lipinski definition) is 1. The Morgan fingerprint density at radius 2 is 1.74 bits per heavy atom. The van der Waals surface area contributed by atoms with Crippen molar-refractivity contribution < 1.29 is 4.74 Å². The molecule has 0 aromatic carbocycles. The molecule has 39 heavy (non-hydrogen) atoms. The molecule has 0 aliphatic carbocycles. The van der Waals surface area contributed by atoms with Gasteiger partial charge in [0.25, 0.3) is 0 Å². The number of nitrogens with one attached hydrogen (secondary N) is 1. The zero-order valence-corrected chi connectivity index (χ0v) is 25.9. The van der Waals surface area contributed by atoms with Crippen molar-refractivity contribution in [1.82, 2.24) is 10.3 Å². The second-order valence-electron chi connectivity index (χ2n) is 10.3. The van der Waals surface area contributed by atoms with Crippen molar-refractivity contribution in [3.63, 3.8) is 0 Å². The van der Waals surface area contributed by atoms with Gasteiger partial charge < -0.3 is 10.1 Å². The highest BCUT2D eigenvalue weighted by Gasteiger charge is 2.15. The molecule has 0 saturated carbocycles. The number of likely N-dealkylation sites (N-methyl/N-ethyl adjacent to an activating group) is 1. The van der Waals surface area contributed by atoms with Gasteiger partial charge in [0.05, 0.1) is 17.0 Å². The van der Waals surface area contributed by atoms with Crippen LogP contribution < -0.4 is 5.32 Å². The Morgan fingerprint density at radius 3 is 2.23 bits per heavy atom. The number of allylic oxidation sites excluding steroid dienone is 9. The third kappa shape index (κ3) is 13.5. The molecule has 0 aromatic heterocycles. The van der Waals surface area contributed by atoms with Gasteiger partial charge in [0.1, 0.15) is 17.4 Å². The molecular formula is C34H50N4O. The Kier molecular flexibility index (Phi) is 16.0. The Hall–Kier alpha value is -3.78. The fourth-order valence-electron chi connectivity index (χ4n) is 3.64. The fourth-order valence-corrected chi connectivity index (χ4v) is 3.64. The molecule has 0 saturated heterocycles. The molecule has 1 N–H and O–H groups in total. The SMILES string of the molecule is C=C/C(C(=C)OC(C)(C)C)=C(/C)C/C=C(\CC)CNC(=C)C(=C)C/C=C(/C(C#N)=C\C)N(C)/N=C(C)\C=C\C. The third-order valence-corrected chi connectivity index (χ3v) is 5.79. The molecule has 0 radical (unpaired) electrons. The summed E-state index contributed by atoms with van der Waals surface area (Å²) in [6.45, 7) is 33.1. The number of nitriles is 1. The van der Waals surface area contributed by atoms with E-state index in [2.05, 4.69) is 62.7 Å². The van der Waals surface area contributed by atoms with Crippen LogP contribution in [0.4, 0.5) is 0 Å². The van der Waals surface area contributed by atoms with E-state index in [1.807, 2.05) is 72.9 Å². The average molecular weight is 531 g/mol. The lowest BCUT2D eigenvalue weighted by molar-refractivity contribution is 0.0588. The van der Waals surface area contributed by atoms with E-state index in [0.717, 1.165) is 46.7 Å². The van der Waals surface area contributed by atoms with E-state index in [9.17, 15) is 5.26 Å². The third-order valence-electron chi connectivity index (χ3n) is 5.79. The van der Waals surface area contributed by atoms with Gasteiger partial charge in [-0.2, -0.15) is 10.4 Å². The van der Waals surface area contributed by atoms with E-state index in [1.165, 1.54) is 5.57 Å². The molecule has 212 valence electrons. The molecule has 0 spiro atoms. The molecule has 0 fully saturated rings. The van der Waals surface area contributed by atoms with Gasteiger partial charge in [0.2, 0.25) is 0 Å². The van der Waals surface area contributed by atoms with Crippen molar-refractivity contribution in [2.24, 2.45) is 5.10 Å². The first kappa shape index (κ1) is 35.2. The van der Waals surface area contributed by atoms with Crippen LogP contribution >= 0.6 is 0 Å². The molecule has 0 aromatic rings. The topological polar surface area (TPSA) is 60.6 Å². The number of hydrogen-bond acceptors (Lipinski definition) is 5. The Labute approximate surface area is 238 Å². The lowest BCUT2D eigenvalue weighted by atomic mass is 10.0. The Balaban J connectivity index is 5.49. The second kappa shape index (κ2) is 17.7. The lowest BCUT2D eigenvalue weighted by Gasteiger charge is -2.24. The molecule has 0 amide bonds.